The van der Waals surface area contributed by atoms with E-state index in [0.29, 0.717) is 11.3 Å². The van der Waals surface area contributed by atoms with Crippen molar-refractivity contribution < 1.29 is 23.8 Å². The molecule has 0 fully saturated rings. The van der Waals surface area contributed by atoms with E-state index in [2.05, 4.69) is 15.8 Å². The fraction of sp³-hybridized carbons (Fsp3) is 0.118. The molecule has 7 nitrogen and oxygen atoms in total. The number of halogens is 1. The van der Waals surface area contributed by atoms with Gasteiger partial charge in [0.1, 0.15) is 5.82 Å². The third-order valence-corrected chi connectivity index (χ3v) is 3.25. The molecule has 0 aliphatic heterocycles. The number of anilines is 1. The second kappa shape index (κ2) is 7.91. The number of phenols is 1. The molecule has 2 rings (SSSR count). The molecule has 0 aliphatic carbocycles. The van der Waals surface area contributed by atoms with E-state index in [4.69, 9.17) is 4.74 Å². The summed E-state index contributed by atoms with van der Waals surface area (Å²) in [5.74, 6) is -2.54. The van der Waals surface area contributed by atoms with Gasteiger partial charge in [-0.2, -0.15) is 5.10 Å². The topological polar surface area (TPSA) is 100 Å². The summed E-state index contributed by atoms with van der Waals surface area (Å²) in [4.78, 5) is 23.5. The van der Waals surface area contributed by atoms with Crippen molar-refractivity contribution in [2.24, 2.45) is 5.10 Å². The Hall–Kier alpha value is -3.42. The smallest absolute Gasteiger partial charge is 0.329 e. The van der Waals surface area contributed by atoms with Gasteiger partial charge < -0.3 is 15.2 Å². The lowest BCUT2D eigenvalue weighted by Gasteiger charge is -2.07. The lowest BCUT2D eigenvalue weighted by Crippen LogP contribution is -2.33. The molecule has 8 heteroatoms. The molecule has 2 aromatic carbocycles. The number of rotatable bonds is 4. The van der Waals surface area contributed by atoms with Crippen molar-refractivity contribution in [1.29, 1.82) is 0 Å². The van der Waals surface area contributed by atoms with Gasteiger partial charge in [-0.25, -0.2) is 9.82 Å². The van der Waals surface area contributed by atoms with E-state index in [-0.39, 0.29) is 17.2 Å². The van der Waals surface area contributed by atoms with E-state index in [1.807, 2.05) is 0 Å². The molecule has 2 amide bonds. The van der Waals surface area contributed by atoms with Crippen LogP contribution >= 0.6 is 0 Å². The van der Waals surface area contributed by atoms with Gasteiger partial charge in [0.05, 0.1) is 18.5 Å². The molecule has 0 aliphatic rings. The van der Waals surface area contributed by atoms with E-state index in [1.54, 1.807) is 13.0 Å². The number of amides is 2. The van der Waals surface area contributed by atoms with Gasteiger partial charge in [0.15, 0.2) is 11.5 Å². The molecule has 0 bridgehead atoms. The molecule has 0 atom stereocenters. The van der Waals surface area contributed by atoms with E-state index in [0.717, 1.165) is 6.07 Å². The Labute approximate surface area is 143 Å². The Morgan fingerprint density at radius 1 is 1.16 bits per heavy atom. The SMILES string of the molecule is COc1cc(/C(C)=N/NC(=O)C(=O)Nc2ccccc2F)ccc1O. The lowest BCUT2D eigenvalue weighted by molar-refractivity contribution is -0.136. The minimum absolute atomic E-state index is 0.0349. The van der Waals surface area contributed by atoms with Gasteiger partial charge in [-0.3, -0.25) is 9.59 Å². The number of phenolic OH excluding ortho intramolecular Hbond substituents is 1. The summed E-state index contributed by atoms with van der Waals surface area (Å²) < 4.78 is 18.4. The molecule has 0 heterocycles. The molecule has 0 aromatic heterocycles. The highest BCUT2D eigenvalue weighted by molar-refractivity contribution is 6.39. The highest BCUT2D eigenvalue weighted by Gasteiger charge is 2.15. The van der Waals surface area contributed by atoms with E-state index in [1.165, 1.54) is 37.4 Å². The number of carbonyl (C=O) groups is 2. The van der Waals surface area contributed by atoms with Crippen LogP contribution in [0.15, 0.2) is 47.6 Å². The third-order valence-electron chi connectivity index (χ3n) is 3.25. The average molecular weight is 345 g/mol. The number of nitrogens with one attached hydrogen (secondary N) is 2. The number of ether oxygens (including phenoxy) is 1. The van der Waals surface area contributed by atoms with Crippen LogP contribution in [0.2, 0.25) is 0 Å². The van der Waals surface area contributed by atoms with Crippen LogP contribution in [-0.4, -0.2) is 29.7 Å². The molecule has 25 heavy (non-hydrogen) atoms. The molecule has 130 valence electrons. The quantitative estimate of drug-likeness (QED) is 0.448. The van der Waals surface area contributed by atoms with Crippen molar-refractivity contribution in [2.45, 2.75) is 6.92 Å². The van der Waals surface area contributed by atoms with E-state index < -0.39 is 17.6 Å². The van der Waals surface area contributed by atoms with Gasteiger partial charge in [-0.1, -0.05) is 12.1 Å². The number of carbonyl (C=O) groups excluding carboxylic acids is 2. The predicted octanol–water partition coefficient (Wildman–Crippen LogP) is 2.02. The Morgan fingerprint density at radius 3 is 2.56 bits per heavy atom. The highest BCUT2D eigenvalue weighted by atomic mass is 19.1. The number of methoxy groups -OCH3 is 1. The van der Waals surface area contributed by atoms with Crippen molar-refractivity contribution in [3.05, 3.63) is 53.8 Å². The number of aromatic hydroxyl groups is 1. The third kappa shape index (κ3) is 4.54. The zero-order valence-electron chi connectivity index (χ0n) is 13.5. The van der Waals surface area contributed by atoms with Crippen LogP contribution < -0.4 is 15.5 Å². The van der Waals surface area contributed by atoms with Crippen molar-refractivity contribution in [2.75, 3.05) is 12.4 Å². The molecule has 0 spiro atoms. The number of hydrogen-bond donors (Lipinski definition) is 3. The Morgan fingerprint density at radius 2 is 1.88 bits per heavy atom. The second-order valence-corrected chi connectivity index (χ2v) is 4.96. The number of hydrogen-bond acceptors (Lipinski definition) is 5. The van der Waals surface area contributed by atoms with Gasteiger partial charge in [0.2, 0.25) is 0 Å². The van der Waals surface area contributed by atoms with Crippen LogP contribution in [0, 0.1) is 5.82 Å². The average Bonchev–Trinajstić information content (AvgIpc) is 2.61. The van der Waals surface area contributed by atoms with Crippen molar-refractivity contribution in [1.82, 2.24) is 5.43 Å². The zero-order chi connectivity index (χ0) is 18.4. The van der Waals surface area contributed by atoms with Gasteiger partial charge >= 0.3 is 11.8 Å². The highest BCUT2D eigenvalue weighted by Crippen LogP contribution is 2.26. The maximum absolute atomic E-state index is 13.4. The van der Waals surface area contributed by atoms with Crippen molar-refractivity contribution in [3.8, 4) is 11.5 Å². The number of nitrogens with zero attached hydrogens (tertiary/aromatic N) is 1. The second-order valence-electron chi connectivity index (χ2n) is 4.96. The largest absolute Gasteiger partial charge is 0.504 e. The maximum Gasteiger partial charge on any atom is 0.329 e. The summed E-state index contributed by atoms with van der Waals surface area (Å²) >= 11 is 0. The number of hydrazone groups is 1. The fourth-order valence-corrected chi connectivity index (χ4v) is 1.89. The molecular weight excluding hydrogens is 329 g/mol. The van der Waals surface area contributed by atoms with Crippen molar-refractivity contribution in [3.63, 3.8) is 0 Å². The van der Waals surface area contributed by atoms with E-state index in [9.17, 15) is 19.1 Å². The first-order valence-corrected chi connectivity index (χ1v) is 7.20. The van der Waals surface area contributed by atoms with Crippen LogP contribution in [0.4, 0.5) is 10.1 Å². The minimum Gasteiger partial charge on any atom is -0.504 e. The lowest BCUT2D eigenvalue weighted by atomic mass is 10.1. The van der Waals surface area contributed by atoms with Crippen LogP contribution in [0.5, 0.6) is 11.5 Å². The zero-order valence-corrected chi connectivity index (χ0v) is 13.5. The van der Waals surface area contributed by atoms with Crippen LogP contribution in [0.3, 0.4) is 0 Å². The molecule has 2 aromatic rings. The number of para-hydroxylation sites is 1. The van der Waals surface area contributed by atoms with Gasteiger partial charge in [-0.05, 0) is 37.3 Å². The predicted molar refractivity (Wildman–Crippen MR) is 90.0 cm³/mol. The Balaban J connectivity index is 2.03. The summed E-state index contributed by atoms with van der Waals surface area (Å²) in [6, 6.07) is 10.00. The summed E-state index contributed by atoms with van der Waals surface area (Å²) in [7, 11) is 1.40. The summed E-state index contributed by atoms with van der Waals surface area (Å²) in [5, 5.41) is 15.5. The van der Waals surface area contributed by atoms with Gasteiger partial charge in [0, 0.05) is 5.56 Å². The Kier molecular flexibility index (Phi) is 5.67. The summed E-state index contributed by atoms with van der Waals surface area (Å²) in [5.41, 5.74) is 2.93. The first-order valence-electron chi connectivity index (χ1n) is 7.20. The standard InChI is InChI=1S/C17H16FN3O4/c1-10(11-7-8-14(22)15(9-11)25-2)20-21-17(24)16(23)19-13-6-4-3-5-12(13)18/h3-9,22H,1-2H3,(H,19,23)(H,21,24)/b20-10+. The molecule has 0 saturated carbocycles. The number of benzene rings is 2. The van der Waals surface area contributed by atoms with Crippen molar-refractivity contribution >= 4 is 23.2 Å². The first-order chi connectivity index (χ1) is 11.9. The molecule has 0 radical (unpaired) electrons. The molecule has 0 saturated heterocycles. The monoisotopic (exact) mass is 345 g/mol. The molecular formula is C17H16FN3O4. The first kappa shape index (κ1) is 17.9. The maximum atomic E-state index is 13.4. The molecule has 0 unspecified atom stereocenters. The molecule has 3 N–H and O–H groups in total. The summed E-state index contributed by atoms with van der Waals surface area (Å²) in [6.45, 7) is 1.60. The normalized spacial score (nSPS) is 10.9. The van der Waals surface area contributed by atoms with Gasteiger partial charge in [0.25, 0.3) is 0 Å². The minimum atomic E-state index is -1.05. The summed E-state index contributed by atoms with van der Waals surface area (Å²) in [6.07, 6.45) is 0. The van der Waals surface area contributed by atoms with Crippen LogP contribution in [0.1, 0.15) is 12.5 Å². The van der Waals surface area contributed by atoms with E-state index >= 15 is 0 Å². The fourth-order valence-electron chi connectivity index (χ4n) is 1.89. The van der Waals surface area contributed by atoms with Crippen LogP contribution in [0.25, 0.3) is 0 Å². The van der Waals surface area contributed by atoms with Crippen LogP contribution in [-0.2, 0) is 9.59 Å². The Bertz CT molecular complexity index is 836. The van der Waals surface area contributed by atoms with Gasteiger partial charge in [-0.15, -0.1) is 0 Å².